The predicted molar refractivity (Wildman–Crippen MR) is 275 cm³/mol. The molecular weight excluding hydrogens is 789 g/mol. The van der Waals surface area contributed by atoms with Gasteiger partial charge in [0.15, 0.2) is 0 Å². The fraction of sp³-hybridized carbons (Fsp3) is 0.0492. The predicted octanol–water partition coefficient (Wildman–Crippen LogP) is 16.3. The molecule has 1 aliphatic rings. The summed E-state index contributed by atoms with van der Waals surface area (Å²) in [5.41, 5.74) is 16.6. The average Bonchev–Trinajstić information content (AvgIpc) is 3.89. The zero-order chi connectivity index (χ0) is 42.8. The smallest absolute Gasteiger partial charge is 0.0568 e. The van der Waals surface area contributed by atoms with Crippen LogP contribution in [0.4, 0.5) is 28.4 Å². The van der Waals surface area contributed by atoms with E-state index in [0.717, 1.165) is 58.9 Å². The van der Waals surface area contributed by atoms with Crippen molar-refractivity contribution in [2.45, 2.75) is 12.8 Å². The van der Waals surface area contributed by atoms with Crippen LogP contribution in [0.25, 0.3) is 76.9 Å². The minimum absolute atomic E-state index is 0.960. The van der Waals surface area contributed by atoms with Crippen LogP contribution >= 0.6 is 0 Å². The first-order chi connectivity index (χ1) is 32.3. The molecule has 4 heteroatoms. The number of fused-ring (bicyclic) bond motifs is 8. The highest BCUT2D eigenvalue weighted by molar-refractivity contribution is 6.18. The molecule has 0 bridgehead atoms. The van der Waals surface area contributed by atoms with Crippen LogP contribution in [0.2, 0.25) is 0 Å². The van der Waals surface area contributed by atoms with Crippen LogP contribution in [0, 0.1) is 0 Å². The van der Waals surface area contributed by atoms with Crippen LogP contribution in [-0.4, -0.2) is 15.7 Å². The topological polar surface area (TPSA) is 16.3 Å². The Kier molecular flexibility index (Phi) is 8.70. The van der Waals surface area contributed by atoms with E-state index < -0.39 is 0 Å². The molecule has 65 heavy (non-hydrogen) atoms. The number of hydrogen-bond donors (Lipinski definition) is 0. The second kappa shape index (κ2) is 15.2. The van der Waals surface area contributed by atoms with Crippen molar-refractivity contribution in [1.29, 1.82) is 0 Å². The summed E-state index contributed by atoms with van der Waals surface area (Å²) < 4.78 is 4.89. The number of rotatable bonds is 7. The summed E-state index contributed by atoms with van der Waals surface area (Å²) in [5, 5.41) is 7.36. The van der Waals surface area contributed by atoms with Crippen molar-refractivity contribution >= 4 is 82.8 Å². The maximum atomic E-state index is 2.56. The Bertz CT molecular complexity index is 3750. The summed E-state index contributed by atoms with van der Waals surface area (Å²) in [7, 11) is 0. The van der Waals surface area contributed by atoms with Crippen molar-refractivity contribution in [2.24, 2.45) is 0 Å². The number of aryl methyl sites for hydroxylation is 1. The summed E-state index contributed by atoms with van der Waals surface area (Å²) >= 11 is 0. The molecule has 0 atom stereocenters. The number of nitrogens with zero attached hydrogens (tertiary/aromatic N) is 4. The third-order valence-electron chi connectivity index (χ3n) is 13.5. The van der Waals surface area contributed by atoms with E-state index >= 15 is 0 Å². The lowest BCUT2D eigenvalue weighted by molar-refractivity contribution is 0.768. The van der Waals surface area contributed by atoms with Gasteiger partial charge in [-0.3, -0.25) is 0 Å². The van der Waals surface area contributed by atoms with Gasteiger partial charge in [0.1, 0.15) is 0 Å². The molecule has 2 aromatic heterocycles. The van der Waals surface area contributed by atoms with Crippen LogP contribution in [0.15, 0.2) is 231 Å². The second-order valence-electron chi connectivity index (χ2n) is 17.2. The zero-order valence-electron chi connectivity index (χ0n) is 35.8. The van der Waals surface area contributed by atoms with Crippen LogP contribution in [0.1, 0.15) is 12.0 Å². The van der Waals surface area contributed by atoms with Gasteiger partial charge in [-0.1, -0.05) is 146 Å². The first-order valence-corrected chi connectivity index (χ1v) is 22.7. The monoisotopic (exact) mass is 832 g/mol. The molecule has 0 N–H and O–H groups in total. The van der Waals surface area contributed by atoms with Crippen molar-refractivity contribution in [3.05, 3.63) is 236 Å². The molecule has 12 aromatic rings. The highest BCUT2D eigenvalue weighted by Crippen LogP contribution is 2.49. The molecule has 13 rings (SSSR count). The standard InChI is InChI=1S/C61H44N4/c1-4-22-45(23-5-1)62-37-17-21-43-20-16-30-53(61(43)62)55-39-50(41-59-60(55)54-29-13-15-32-57(54)65(59)47-26-8-3-9-27-47)63(48-34-33-42-18-10-11-19-44(42)38-48)49-35-36-52-51-28-12-14-31-56(51)64(58(52)40-49)46-24-6-2-7-25-46/h1-16,18-20,22-36,38-41H,17,21,37H2. The van der Waals surface area contributed by atoms with Crippen molar-refractivity contribution < 1.29 is 0 Å². The van der Waals surface area contributed by atoms with Gasteiger partial charge >= 0.3 is 0 Å². The number of hydrogen-bond acceptors (Lipinski definition) is 2. The Morgan fingerprint density at radius 1 is 0.354 bits per heavy atom. The molecule has 0 aliphatic carbocycles. The van der Waals surface area contributed by atoms with Crippen molar-refractivity contribution in [2.75, 3.05) is 16.3 Å². The van der Waals surface area contributed by atoms with E-state index in [2.05, 4.69) is 249 Å². The lowest BCUT2D eigenvalue weighted by Crippen LogP contribution is -2.25. The fourth-order valence-electron chi connectivity index (χ4n) is 10.7. The first-order valence-electron chi connectivity index (χ1n) is 22.7. The summed E-state index contributed by atoms with van der Waals surface area (Å²) in [6.07, 6.45) is 2.14. The number of aromatic nitrogens is 2. The Morgan fingerprint density at radius 2 is 0.923 bits per heavy atom. The van der Waals surface area contributed by atoms with Crippen LogP contribution < -0.4 is 9.80 Å². The molecule has 1 aliphatic heterocycles. The summed E-state index contributed by atoms with van der Waals surface area (Å²) in [6.45, 7) is 0.960. The maximum Gasteiger partial charge on any atom is 0.0568 e. The lowest BCUT2D eigenvalue weighted by atomic mass is 9.90. The quantitative estimate of drug-likeness (QED) is 0.159. The van der Waals surface area contributed by atoms with E-state index in [-0.39, 0.29) is 0 Å². The molecular formula is C61H44N4. The van der Waals surface area contributed by atoms with Crippen molar-refractivity contribution in [1.82, 2.24) is 9.13 Å². The number of benzene rings is 10. The molecule has 0 saturated heterocycles. The van der Waals surface area contributed by atoms with Gasteiger partial charge in [0, 0.05) is 67.8 Å². The maximum absolute atomic E-state index is 2.56. The van der Waals surface area contributed by atoms with E-state index in [9.17, 15) is 0 Å². The minimum atomic E-state index is 0.960. The second-order valence-corrected chi connectivity index (χ2v) is 17.2. The molecule has 0 fully saturated rings. The van der Waals surface area contributed by atoms with E-state index in [0.29, 0.717) is 0 Å². The van der Waals surface area contributed by atoms with Gasteiger partial charge in [-0.15, -0.1) is 0 Å². The van der Waals surface area contributed by atoms with E-state index in [4.69, 9.17) is 0 Å². The van der Waals surface area contributed by atoms with Crippen LogP contribution in [0.3, 0.4) is 0 Å². The number of anilines is 5. The Morgan fingerprint density at radius 3 is 1.68 bits per heavy atom. The Labute approximate surface area is 378 Å². The first kappa shape index (κ1) is 37.2. The van der Waals surface area contributed by atoms with Crippen LogP contribution in [-0.2, 0) is 6.42 Å². The molecule has 10 aromatic carbocycles. The molecule has 0 unspecified atom stereocenters. The summed E-state index contributed by atoms with van der Waals surface area (Å²) in [6, 6.07) is 84.8. The van der Waals surface area contributed by atoms with Gasteiger partial charge in [0.25, 0.3) is 0 Å². The minimum Gasteiger partial charge on any atom is -0.341 e. The third kappa shape index (κ3) is 6.06. The highest BCUT2D eigenvalue weighted by Gasteiger charge is 2.27. The summed E-state index contributed by atoms with van der Waals surface area (Å²) in [5.74, 6) is 0. The van der Waals surface area contributed by atoms with Gasteiger partial charge in [-0.25, -0.2) is 0 Å². The van der Waals surface area contributed by atoms with E-state index in [1.807, 2.05) is 0 Å². The SMILES string of the molecule is c1ccc(N2CCCc3cccc(-c4cc(N(c5ccc6ccccc6c5)c5ccc6c7ccccc7n(-c7ccccc7)c6c5)cc5c4c4ccccc4n5-c4ccccc4)c32)cc1. The lowest BCUT2D eigenvalue weighted by Gasteiger charge is -2.34. The van der Waals surface area contributed by atoms with Gasteiger partial charge in [0.2, 0.25) is 0 Å². The van der Waals surface area contributed by atoms with Crippen molar-refractivity contribution in [3.8, 4) is 22.5 Å². The highest BCUT2D eigenvalue weighted by atomic mass is 15.2. The molecule has 4 nitrogen and oxygen atoms in total. The number of para-hydroxylation sites is 6. The van der Waals surface area contributed by atoms with Gasteiger partial charge in [-0.05, 0) is 120 Å². The van der Waals surface area contributed by atoms with E-state index in [1.165, 1.54) is 71.4 Å². The molecule has 0 saturated carbocycles. The Hall–Kier alpha value is -8.34. The average molecular weight is 833 g/mol. The normalized spacial score (nSPS) is 12.7. The zero-order valence-corrected chi connectivity index (χ0v) is 35.8. The van der Waals surface area contributed by atoms with Gasteiger partial charge < -0.3 is 18.9 Å². The molecule has 0 amide bonds. The van der Waals surface area contributed by atoms with Gasteiger partial charge in [-0.2, -0.15) is 0 Å². The molecule has 0 spiro atoms. The van der Waals surface area contributed by atoms with Crippen LogP contribution in [0.5, 0.6) is 0 Å². The fourth-order valence-corrected chi connectivity index (χ4v) is 10.7. The van der Waals surface area contributed by atoms with E-state index in [1.54, 1.807) is 0 Å². The van der Waals surface area contributed by atoms with Crippen molar-refractivity contribution in [3.63, 3.8) is 0 Å². The largest absolute Gasteiger partial charge is 0.341 e. The molecule has 3 heterocycles. The Balaban J connectivity index is 1.15. The van der Waals surface area contributed by atoms with Gasteiger partial charge in [0.05, 0.1) is 27.8 Å². The third-order valence-corrected chi connectivity index (χ3v) is 13.5. The summed E-state index contributed by atoms with van der Waals surface area (Å²) in [4.78, 5) is 5.04. The molecule has 0 radical (unpaired) electrons. The molecule has 308 valence electrons.